The minimum absolute atomic E-state index is 0.138. The van der Waals surface area contributed by atoms with E-state index in [0.717, 1.165) is 48.9 Å². The van der Waals surface area contributed by atoms with Crippen LogP contribution in [0, 0.1) is 0 Å². The van der Waals surface area contributed by atoms with Gasteiger partial charge in [-0.15, -0.1) is 4.36 Å². The zero-order valence-electron chi connectivity index (χ0n) is 18.6. The van der Waals surface area contributed by atoms with Gasteiger partial charge in [-0.3, -0.25) is 0 Å². The third kappa shape index (κ3) is 3.60. The molecule has 172 valence electrons. The summed E-state index contributed by atoms with van der Waals surface area (Å²) in [6.07, 6.45) is 6.26. The van der Waals surface area contributed by atoms with E-state index in [1.54, 1.807) is 11.8 Å². The molecule has 3 aliphatic rings. The van der Waals surface area contributed by atoms with E-state index in [1.165, 1.54) is 17.3 Å². The summed E-state index contributed by atoms with van der Waals surface area (Å²) in [6, 6.07) is 1.56. The van der Waals surface area contributed by atoms with Crippen LogP contribution in [0.2, 0.25) is 0 Å². The van der Waals surface area contributed by atoms with Gasteiger partial charge in [-0.05, 0) is 68.2 Å². The van der Waals surface area contributed by atoms with E-state index in [4.69, 9.17) is 14.6 Å². The van der Waals surface area contributed by atoms with Crippen LogP contribution in [-0.4, -0.2) is 39.3 Å². The van der Waals surface area contributed by atoms with Crippen molar-refractivity contribution in [2.24, 2.45) is 9.50 Å². The van der Waals surface area contributed by atoms with Gasteiger partial charge in [-0.1, -0.05) is 6.07 Å². The maximum absolute atomic E-state index is 13.3. The number of hydrogen-bond donors (Lipinski definition) is 2. The molecule has 0 saturated heterocycles. The highest BCUT2D eigenvalue weighted by Crippen LogP contribution is 2.44. The van der Waals surface area contributed by atoms with Gasteiger partial charge in [-0.25, -0.2) is 18.8 Å². The van der Waals surface area contributed by atoms with Gasteiger partial charge in [0.05, 0.1) is 19.3 Å². The van der Waals surface area contributed by atoms with Gasteiger partial charge >= 0.3 is 6.03 Å². The number of urea groups is 1. The Morgan fingerprint density at radius 2 is 2.22 bits per heavy atom. The fourth-order valence-electron chi connectivity index (χ4n) is 5.21. The Kier molecular flexibility index (Phi) is 5.06. The molecule has 1 aromatic carbocycles. The second kappa shape index (κ2) is 7.57. The Bertz CT molecular complexity index is 1230. The number of aryl methyl sites for hydroxylation is 2. The van der Waals surface area contributed by atoms with Crippen molar-refractivity contribution in [3.05, 3.63) is 34.5 Å². The summed E-state index contributed by atoms with van der Waals surface area (Å²) in [7, 11) is -1.84. The van der Waals surface area contributed by atoms with Crippen molar-refractivity contribution >= 4 is 21.6 Å². The van der Waals surface area contributed by atoms with Crippen molar-refractivity contribution in [1.82, 2.24) is 9.78 Å². The third-order valence-corrected chi connectivity index (χ3v) is 7.84. The van der Waals surface area contributed by atoms with Gasteiger partial charge in [0.2, 0.25) is 5.88 Å². The molecule has 2 amide bonds. The van der Waals surface area contributed by atoms with Crippen LogP contribution < -0.4 is 15.2 Å². The fourth-order valence-corrected chi connectivity index (χ4v) is 6.20. The molecule has 2 atom stereocenters. The largest absolute Gasteiger partial charge is 0.469 e. The molecule has 32 heavy (non-hydrogen) atoms. The molecular formula is C22H29N5O4S. The lowest BCUT2D eigenvalue weighted by molar-refractivity contribution is 0.132. The van der Waals surface area contributed by atoms with Gasteiger partial charge in [0.1, 0.15) is 10.5 Å². The zero-order valence-corrected chi connectivity index (χ0v) is 19.5. The number of rotatable bonds is 4. The van der Waals surface area contributed by atoms with Gasteiger partial charge < -0.3 is 14.8 Å². The molecule has 0 radical (unpaired) electrons. The smallest absolute Gasteiger partial charge is 0.354 e. The number of anilines is 1. The molecule has 0 bridgehead atoms. The Balaban J connectivity index is 1.49. The average Bonchev–Trinajstić information content (AvgIpc) is 3.44. The Morgan fingerprint density at radius 1 is 1.41 bits per heavy atom. The average molecular weight is 460 g/mol. The summed E-state index contributed by atoms with van der Waals surface area (Å²) in [5, 5.41) is 13.2. The first kappa shape index (κ1) is 21.4. The normalized spacial score (nSPS) is 21.9. The number of nitrogens with two attached hydrogens (primary N) is 1. The Labute approximate surface area is 188 Å². The van der Waals surface area contributed by atoms with E-state index >= 15 is 0 Å². The first-order valence-electron chi connectivity index (χ1n) is 11.0. The predicted molar refractivity (Wildman–Crippen MR) is 120 cm³/mol. The Morgan fingerprint density at radius 3 is 3.00 bits per heavy atom. The van der Waals surface area contributed by atoms with E-state index in [2.05, 4.69) is 20.8 Å². The molecule has 0 saturated carbocycles. The second-order valence-electron chi connectivity index (χ2n) is 9.43. The highest BCUT2D eigenvalue weighted by molar-refractivity contribution is 7.91. The van der Waals surface area contributed by atoms with Gasteiger partial charge in [0, 0.05) is 18.7 Å². The van der Waals surface area contributed by atoms with E-state index in [9.17, 15) is 9.00 Å². The molecule has 10 heteroatoms. The van der Waals surface area contributed by atoms with Crippen molar-refractivity contribution in [3.8, 4) is 5.88 Å². The highest BCUT2D eigenvalue weighted by Gasteiger charge is 2.36. The van der Waals surface area contributed by atoms with Crippen LogP contribution in [0.4, 0.5) is 10.5 Å². The van der Waals surface area contributed by atoms with Crippen molar-refractivity contribution in [2.45, 2.75) is 68.9 Å². The van der Waals surface area contributed by atoms with E-state index in [0.29, 0.717) is 19.0 Å². The number of methoxy groups -OCH3 is 1. The molecule has 2 aliphatic carbocycles. The quantitative estimate of drug-likeness (QED) is 0.728. The number of ether oxygens (including phenoxy) is 2. The van der Waals surface area contributed by atoms with Crippen LogP contribution in [0.3, 0.4) is 0 Å². The minimum Gasteiger partial charge on any atom is -0.469 e. The molecule has 9 nitrogen and oxygen atoms in total. The third-order valence-electron chi connectivity index (χ3n) is 6.49. The highest BCUT2D eigenvalue weighted by atomic mass is 32.2. The number of nitrogens with zero attached hydrogens (tertiary/aromatic N) is 3. The number of fused-ring (bicyclic) bond motifs is 3. The van der Waals surface area contributed by atoms with Crippen LogP contribution >= 0.6 is 0 Å². The zero-order chi connectivity index (χ0) is 22.7. The van der Waals surface area contributed by atoms with Crippen molar-refractivity contribution in [1.29, 1.82) is 0 Å². The molecule has 2 unspecified atom stereocenters. The van der Waals surface area contributed by atoms with Crippen molar-refractivity contribution in [3.63, 3.8) is 0 Å². The molecule has 0 spiro atoms. The molecule has 2 aromatic rings. The van der Waals surface area contributed by atoms with Crippen LogP contribution in [0.25, 0.3) is 0 Å². The van der Waals surface area contributed by atoms with E-state index < -0.39 is 21.5 Å². The summed E-state index contributed by atoms with van der Waals surface area (Å²) in [4.78, 5) is 13.1. The van der Waals surface area contributed by atoms with Crippen molar-refractivity contribution in [2.75, 3.05) is 19.0 Å². The topological polar surface area (TPSA) is 121 Å². The van der Waals surface area contributed by atoms with E-state index in [-0.39, 0.29) is 10.8 Å². The summed E-state index contributed by atoms with van der Waals surface area (Å²) in [6.45, 7) is 4.91. The molecule has 3 N–H and O–H groups in total. The Hall–Kier alpha value is -2.43. The molecule has 5 rings (SSSR count). The standard InChI is InChI=1S/C22H29N5O4S/c1-22(2)12-27-20(31-22)17(10-24-27)32(23,29)26-21(28)25-19-16-6-4-5-13(16)9-14-7-8-15(11-30-3)18(14)19/h9-10,15H,4-8,11-12H2,1-3H3,(H3,23,25,26,28,29). The molecule has 0 fully saturated rings. The van der Waals surface area contributed by atoms with E-state index in [1.807, 2.05) is 13.8 Å². The number of carbonyl (C=O) groups excluding carboxylic acids is 1. The maximum Gasteiger partial charge on any atom is 0.354 e. The number of aromatic nitrogens is 2. The SMILES string of the molecule is COCC1CCc2cc3c(c(NC(=O)N=S(N)(=O)c4cnn5c4OC(C)(C)C5)c21)CCC3. The lowest BCUT2D eigenvalue weighted by Crippen LogP contribution is -2.27. The number of carbonyl (C=O) groups is 1. The lowest BCUT2D eigenvalue weighted by Gasteiger charge is -2.19. The van der Waals surface area contributed by atoms with Crippen LogP contribution in [-0.2, 0) is 40.5 Å². The monoisotopic (exact) mass is 459 g/mol. The van der Waals surface area contributed by atoms with Crippen LogP contribution in [0.15, 0.2) is 21.5 Å². The second-order valence-corrected chi connectivity index (χ2v) is 11.2. The van der Waals surface area contributed by atoms with Gasteiger partial charge in [0.15, 0.2) is 9.92 Å². The first-order chi connectivity index (χ1) is 15.2. The van der Waals surface area contributed by atoms with Crippen LogP contribution in [0.1, 0.15) is 54.9 Å². The number of amides is 2. The summed E-state index contributed by atoms with van der Waals surface area (Å²) < 4.78 is 30.0. The van der Waals surface area contributed by atoms with Crippen molar-refractivity contribution < 1.29 is 18.5 Å². The molecule has 1 aromatic heterocycles. The number of nitrogens with one attached hydrogen (secondary N) is 1. The van der Waals surface area contributed by atoms with Gasteiger partial charge in [-0.2, -0.15) is 5.10 Å². The predicted octanol–water partition coefficient (Wildman–Crippen LogP) is 3.15. The summed E-state index contributed by atoms with van der Waals surface area (Å²) >= 11 is 0. The lowest BCUT2D eigenvalue weighted by atomic mass is 9.94. The number of benzene rings is 1. The molecule has 2 heterocycles. The number of hydrogen-bond acceptors (Lipinski definition) is 5. The molecule has 1 aliphatic heterocycles. The minimum atomic E-state index is -3.53. The fraction of sp³-hybridized carbons (Fsp3) is 0.545. The van der Waals surface area contributed by atoms with Gasteiger partial charge in [0.25, 0.3) is 0 Å². The summed E-state index contributed by atoms with van der Waals surface area (Å²) in [5.41, 5.74) is 5.11. The first-order valence-corrected chi connectivity index (χ1v) is 12.5. The van der Waals surface area contributed by atoms with Crippen LogP contribution in [0.5, 0.6) is 5.88 Å². The summed E-state index contributed by atoms with van der Waals surface area (Å²) in [5.74, 6) is 0.522. The molecular weight excluding hydrogens is 430 g/mol. The maximum atomic E-state index is 13.3.